The van der Waals surface area contributed by atoms with Crippen LogP contribution >= 0.6 is 0 Å². The number of amides is 1. The highest BCUT2D eigenvalue weighted by Gasteiger charge is 2.23. The lowest BCUT2D eigenvalue weighted by Gasteiger charge is -2.05. The van der Waals surface area contributed by atoms with Gasteiger partial charge in [0.05, 0.1) is 22.1 Å². The van der Waals surface area contributed by atoms with Crippen LogP contribution in [-0.4, -0.2) is 27.1 Å². The predicted molar refractivity (Wildman–Crippen MR) is 100 cm³/mol. The first kappa shape index (κ1) is 18.5. The van der Waals surface area contributed by atoms with Crippen molar-refractivity contribution in [1.29, 1.82) is 0 Å². The lowest BCUT2D eigenvalue weighted by atomic mass is 10.0. The zero-order valence-electron chi connectivity index (χ0n) is 14.1. The minimum absolute atomic E-state index is 0.0574. The third kappa shape index (κ3) is 3.60. The van der Waals surface area contributed by atoms with Gasteiger partial charge >= 0.3 is 0 Å². The van der Waals surface area contributed by atoms with Crippen molar-refractivity contribution in [3.8, 4) is 5.75 Å². The summed E-state index contributed by atoms with van der Waals surface area (Å²) in [5.41, 5.74) is 0.887. The molecule has 2 N–H and O–H groups in total. The lowest BCUT2D eigenvalue weighted by Crippen LogP contribution is -2.19. The summed E-state index contributed by atoms with van der Waals surface area (Å²) in [7, 11) is 0. The largest absolute Gasteiger partial charge is 0.507 e. The number of rotatable bonds is 5. The molecule has 3 aromatic carbocycles. The van der Waals surface area contributed by atoms with Gasteiger partial charge in [-0.15, -0.1) is 0 Å². The maximum atomic E-state index is 12.2. The van der Waals surface area contributed by atoms with E-state index in [0.29, 0.717) is 17.0 Å². The number of phenols is 1. The number of phenolic OH excluding ortho intramolecular Hbond substituents is 1. The van der Waals surface area contributed by atoms with Gasteiger partial charge in [-0.25, -0.2) is 5.43 Å². The quantitative estimate of drug-likeness (QED) is 0.395. The van der Waals surface area contributed by atoms with E-state index in [4.69, 9.17) is 0 Å². The molecule has 0 saturated heterocycles. The van der Waals surface area contributed by atoms with Gasteiger partial charge in [0.1, 0.15) is 11.3 Å². The highest BCUT2D eigenvalue weighted by Crippen LogP contribution is 2.26. The molecule has 0 bridgehead atoms. The van der Waals surface area contributed by atoms with Crippen LogP contribution < -0.4 is 5.43 Å². The number of nitro benzene ring substituents is 2. The maximum absolute atomic E-state index is 12.2. The van der Waals surface area contributed by atoms with E-state index in [9.17, 15) is 30.1 Å². The Balaban J connectivity index is 1.88. The SMILES string of the molecule is O=C(N/N=C/c1c(O)ccc2ccccc12)c1ccc([N+](=O)[O-])cc1[N+](=O)[O-]. The Bertz CT molecular complexity index is 1140. The first-order valence-electron chi connectivity index (χ1n) is 7.85. The van der Waals surface area contributed by atoms with Crippen LogP contribution in [-0.2, 0) is 0 Å². The number of nitrogens with one attached hydrogen (secondary N) is 1. The van der Waals surface area contributed by atoms with Crippen molar-refractivity contribution in [3.63, 3.8) is 0 Å². The molecule has 0 atom stereocenters. The number of hydrogen-bond donors (Lipinski definition) is 2. The van der Waals surface area contributed by atoms with Gasteiger partial charge in [-0.1, -0.05) is 30.3 Å². The fourth-order valence-electron chi connectivity index (χ4n) is 2.61. The van der Waals surface area contributed by atoms with Gasteiger partial charge in [-0.05, 0) is 22.9 Å². The smallest absolute Gasteiger partial charge is 0.289 e. The molecule has 0 aliphatic carbocycles. The summed E-state index contributed by atoms with van der Waals surface area (Å²) in [5, 5.41) is 37.2. The van der Waals surface area contributed by atoms with Crippen LogP contribution in [0.1, 0.15) is 15.9 Å². The first-order chi connectivity index (χ1) is 13.4. The molecule has 0 unspecified atom stereocenters. The summed E-state index contributed by atoms with van der Waals surface area (Å²) in [4.78, 5) is 32.4. The van der Waals surface area contributed by atoms with Gasteiger partial charge in [0, 0.05) is 11.6 Å². The topological polar surface area (TPSA) is 148 Å². The van der Waals surface area contributed by atoms with Crippen molar-refractivity contribution in [1.82, 2.24) is 5.43 Å². The van der Waals surface area contributed by atoms with E-state index in [-0.39, 0.29) is 11.3 Å². The van der Waals surface area contributed by atoms with Crippen molar-refractivity contribution in [2.75, 3.05) is 0 Å². The Morgan fingerprint density at radius 3 is 2.50 bits per heavy atom. The average molecular weight is 380 g/mol. The minimum Gasteiger partial charge on any atom is -0.507 e. The number of non-ortho nitro benzene ring substituents is 1. The van der Waals surface area contributed by atoms with Gasteiger partial charge in [-0.2, -0.15) is 5.10 Å². The molecule has 0 aliphatic rings. The monoisotopic (exact) mass is 380 g/mol. The lowest BCUT2D eigenvalue weighted by molar-refractivity contribution is -0.394. The van der Waals surface area contributed by atoms with Crippen molar-refractivity contribution in [2.24, 2.45) is 5.10 Å². The Hall–Kier alpha value is -4.34. The summed E-state index contributed by atoms with van der Waals surface area (Å²) < 4.78 is 0. The number of nitro groups is 2. The Morgan fingerprint density at radius 2 is 1.79 bits per heavy atom. The minimum atomic E-state index is -0.919. The maximum Gasteiger partial charge on any atom is 0.289 e. The molecule has 0 aromatic heterocycles. The molecule has 0 spiro atoms. The molecule has 140 valence electrons. The van der Waals surface area contributed by atoms with E-state index >= 15 is 0 Å². The van der Waals surface area contributed by atoms with Crippen molar-refractivity contribution >= 4 is 34.3 Å². The number of hydrazone groups is 1. The van der Waals surface area contributed by atoms with E-state index in [2.05, 4.69) is 10.5 Å². The second kappa shape index (κ2) is 7.50. The van der Waals surface area contributed by atoms with Crippen LogP contribution in [0.15, 0.2) is 59.7 Å². The van der Waals surface area contributed by atoms with E-state index in [1.54, 1.807) is 18.2 Å². The zero-order chi connectivity index (χ0) is 20.3. The summed E-state index contributed by atoms with van der Waals surface area (Å²) in [5.74, 6) is -0.976. The average Bonchev–Trinajstić information content (AvgIpc) is 2.68. The molecule has 10 nitrogen and oxygen atoms in total. The Morgan fingerprint density at radius 1 is 1.04 bits per heavy atom. The molecule has 3 aromatic rings. The summed E-state index contributed by atoms with van der Waals surface area (Å²) in [6.45, 7) is 0. The second-order valence-corrected chi connectivity index (χ2v) is 5.63. The normalized spacial score (nSPS) is 10.9. The summed E-state index contributed by atoms with van der Waals surface area (Å²) in [6.07, 6.45) is 1.22. The van der Waals surface area contributed by atoms with Crippen LogP contribution in [0, 0.1) is 20.2 Å². The number of carbonyl (C=O) groups excluding carboxylic acids is 1. The van der Waals surface area contributed by atoms with Crippen LogP contribution in [0.4, 0.5) is 11.4 Å². The number of benzene rings is 3. The van der Waals surface area contributed by atoms with Crippen LogP contribution in [0.2, 0.25) is 0 Å². The zero-order valence-corrected chi connectivity index (χ0v) is 14.1. The van der Waals surface area contributed by atoms with Gasteiger partial charge in [0.15, 0.2) is 0 Å². The number of carbonyl (C=O) groups is 1. The van der Waals surface area contributed by atoms with E-state index in [1.165, 1.54) is 12.3 Å². The van der Waals surface area contributed by atoms with Crippen LogP contribution in [0.25, 0.3) is 10.8 Å². The molecule has 0 radical (unpaired) electrons. The van der Waals surface area contributed by atoms with Crippen molar-refractivity contribution < 1.29 is 19.7 Å². The van der Waals surface area contributed by atoms with Crippen LogP contribution in [0.3, 0.4) is 0 Å². The third-order valence-electron chi connectivity index (χ3n) is 3.94. The molecule has 28 heavy (non-hydrogen) atoms. The fraction of sp³-hybridized carbons (Fsp3) is 0. The Kier molecular flexibility index (Phi) is 4.94. The van der Waals surface area contributed by atoms with Crippen molar-refractivity contribution in [3.05, 3.63) is 86.0 Å². The molecule has 10 heteroatoms. The number of fused-ring (bicyclic) bond motifs is 1. The highest BCUT2D eigenvalue weighted by molar-refractivity contribution is 6.03. The molecule has 0 fully saturated rings. The van der Waals surface area contributed by atoms with Gasteiger partial charge in [-0.3, -0.25) is 25.0 Å². The number of aromatic hydroxyl groups is 1. The number of nitrogens with zero attached hydrogens (tertiary/aromatic N) is 3. The molecule has 3 rings (SSSR count). The molecular formula is C18H12N4O6. The highest BCUT2D eigenvalue weighted by atomic mass is 16.6. The van der Waals surface area contributed by atoms with E-state index < -0.39 is 27.1 Å². The molecule has 0 aliphatic heterocycles. The third-order valence-corrected chi connectivity index (χ3v) is 3.94. The molecule has 0 heterocycles. The predicted octanol–water partition coefficient (Wildman–Crippen LogP) is 3.13. The summed E-state index contributed by atoms with van der Waals surface area (Å²) >= 11 is 0. The van der Waals surface area contributed by atoms with E-state index in [0.717, 1.165) is 17.5 Å². The fourth-order valence-corrected chi connectivity index (χ4v) is 2.61. The molecule has 1 amide bonds. The first-order valence-corrected chi connectivity index (χ1v) is 7.85. The Labute approximate surface area is 157 Å². The molecular weight excluding hydrogens is 368 g/mol. The molecule has 0 saturated carbocycles. The van der Waals surface area contributed by atoms with Gasteiger partial charge in [0.2, 0.25) is 0 Å². The van der Waals surface area contributed by atoms with Crippen molar-refractivity contribution in [2.45, 2.75) is 0 Å². The van der Waals surface area contributed by atoms with E-state index in [1.807, 2.05) is 12.1 Å². The standard InChI is InChI=1S/C18H12N4O6/c23-17-8-5-11-3-1-2-4-13(11)15(17)10-19-20-18(24)14-7-6-12(21(25)26)9-16(14)22(27)28/h1-10,23H,(H,20,24)/b19-10+. The second-order valence-electron chi connectivity index (χ2n) is 5.63. The number of hydrogen-bond acceptors (Lipinski definition) is 7. The van der Waals surface area contributed by atoms with Gasteiger partial charge < -0.3 is 5.11 Å². The van der Waals surface area contributed by atoms with Gasteiger partial charge in [0.25, 0.3) is 17.3 Å². The van der Waals surface area contributed by atoms with Crippen LogP contribution in [0.5, 0.6) is 5.75 Å². The summed E-state index contributed by atoms with van der Waals surface area (Å²) in [6, 6.07) is 13.1.